The van der Waals surface area contributed by atoms with Crippen LogP contribution in [0.3, 0.4) is 0 Å². The highest BCUT2D eigenvalue weighted by Gasteiger charge is 2.25. The highest BCUT2D eigenvalue weighted by atomic mass is 32.2. The Hall–Kier alpha value is -1.62. The van der Waals surface area contributed by atoms with Crippen molar-refractivity contribution < 1.29 is 4.79 Å². The molecule has 1 aromatic carbocycles. The van der Waals surface area contributed by atoms with Gasteiger partial charge in [-0.2, -0.15) is 5.10 Å². The fourth-order valence-corrected chi connectivity index (χ4v) is 2.11. The molecule has 17 heavy (non-hydrogen) atoms. The summed E-state index contributed by atoms with van der Waals surface area (Å²) in [6.07, 6.45) is 0. The second kappa shape index (κ2) is 5.14. The number of hydrogen-bond acceptors (Lipinski definition) is 4. The van der Waals surface area contributed by atoms with Crippen LogP contribution in [-0.2, 0) is 4.79 Å². The van der Waals surface area contributed by atoms with E-state index in [4.69, 9.17) is 0 Å². The van der Waals surface area contributed by atoms with Gasteiger partial charge >= 0.3 is 0 Å². The molecule has 5 heteroatoms. The average Bonchev–Trinajstić information content (AvgIpc) is 2.67. The first-order valence-electron chi connectivity index (χ1n) is 5.32. The van der Waals surface area contributed by atoms with Crippen molar-refractivity contribution >= 4 is 28.5 Å². The van der Waals surface area contributed by atoms with Crippen LogP contribution in [0.1, 0.15) is 19.4 Å². The summed E-state index contributed by atoms with van der Waals surface area (Å²) in [6.45, 7) is 3.74. The number of rotatable bonds is 2. The van der Waals surface area contributed by atoms with Crippen LogP contribution in [-0.4, -0.2) is 22.0 Å². The number of hydrogen-bond donors (Lipinski definition) is 1. The molecule has 2 rings (SSSR count). The molecule has 1 aliphatic heterocycles. The third-order valence-corrected chi connectivity index (χ3v) is 3.34. The Morgan fingerprint density at radius 2 is 2.06 bits per heavy atom. The summed E-state index contributed by atoms with van der Waals surface area (Å²) in [5.41, 5.74) is 1.85. The molecule has 1 fully saturated rings. The van der Waals surface area contributed by atoms with Gasteiger partial charge in [0.2, 0.25) is 5.91 Å². The van der Waals surface area contributed by atoms with Crippen molar-refractivity contribution in [3.63, 3.8) is 0 Å². The van der Waals surface area contributed by atoms with Gasteiger partial charge in [-0.3, -0.25) is 4.79 Å². The maximum Gasteiger partial charge on any atom is 0.239 e. The molecule has 88 valence electrons. The van der Waals surface area contributed by atoms with E-state index in [2.05, 4.69) is 15.5 Å². The Bertz CT molecular complexity index is 482. The van der Waals surface area contributed by atoms with Crippen LogP contribution < -0.4 is 5.32 Å². The lowest BCUT2D eigenvalue weighted by atomic mass is 10.1. The molecule has 1 atom stereocenters. The molecule has 1 amide bonds. The molecule has 1 N–H and O–H groups in total. The van der Waals surface area contributed by atoms with Gasteiger partial charge in [-0.25, -0.2) is 0 Å². The van der Waals surface area contributed by atoms with Crippen LogP contribution in [0.2, 0.25) is 0 Å². The van der Waals surface area contributed by atoms with Gasteiger partial charge in [0.1, 0.15) is 0 Å². The van der Waals surface area contributed by atoms with Gasteiger partial charge in [-0.05, 0) is 19.4 Å². The van der Waals surface area contributed by atoms with Crippen molar-refractivity contribution in [3.05, 3.63) is 35.9 Å². The maximum atomic E-state index is 11.2. The van der Waals surface area contributed by atoms with Gasteiger partial charge in [0.15, 0.2) is 5.17 Å². The van der Waals surface area contributed by atoms with Gasteiger partial charge in [0, 0.05) is 0 Å². The van der Waals surface area contributed by atoms with E-state index >= 15 is 0 Å². The fourth-order valence-electron chi connectivity index (χ4n) is 1.36. The summed E-state index contributed by atoms with van der Waals surface area (Å²) in [6, 6.07) is 9.81. The number of thioether (sulfide) groups is 1. The summed E-state index contributed by atoms with van der Waals surface area (Å²) in [7, 11) is 0. The number of amidine groups is 1. The number of amides is 1. The Morgan fingerprint density at radius 3 is 2.65 bits per heavy atom. The minimum atomic E-state index is -0.0824. The minimum absolute atomic E-state index is 0.0127. The summed E-state index contributed by atoms with van der Waals surface area (Å²) >= 11 is 1.39. The molecule has 0 saturated carbocycles. The molecule has 0 spiro atoms. The summed E-state index contributed by atoms with van der Waals surface area (Å²) < 4.78 is 0. The van der Waals surface area contributed by atoms with Crippen molar-refractivity contribution in [2.45, 2.75) is 19.1 Å². The molecular weight excluding hydrogens is 234 g/mol. The van der Waals surface area contributed by atoms with E-state index in [-0.39, 0.29) is 11.2 Å². The number of nitrogens with one attached hydrogen (secondary N) is 1. The van der Waals surface area contributed by atoms with Crippen molar-refractivity contribution in [2.75, 3.05) is 0 Å². The molecule has 1 heterocycles. The van der Waals surface area contributed by atoms with Gasteiger partial charge in [-0.1, -0.05) is 42.1 Å². The SMILES string of the molecule is C/C(=N/N=C1/NC(=O)[C@H](C)S1)c1ccccc1. The highest BCUT2D eigenvalue weighted by Crippen LogP contribution is 2.18. The first-order chi connectivity index (χ1) is 8.16. The first kappa shape index (κ1) is 11.9. The lowest BCUT2D eigenvalue weighted by molar-refractivity contribution is -0.118. The molecule has 0 radical (unpaired) electrons. The second-order valence-corrected chi connectivity index (χ2v) is 5.04. The molecule has 1 saturated heterocycles. The van der Waals surface area contributed by atoms with Crippen LogP contribution in [0, 0.1) is 0 Å². The third-order valence-electron chi connectivity index (χ3n) is 2.37. The zero-order valence-electron chi connectivity index (χ0n) is 9.68. The van der Waals surface area contributed by atoms with Gasteiger partial charge in [0.05, 0.1) is 11.0 Å². The highest BCUT2D eigenvalue weighted by molar-refractivity contribution is 8.15. The van der Waals surface area contributed by atoms with E-state index in [9.17, 15) is 4.79 Å². The molecule has 0 bridgehead atoms. The predicted molar refractivity (Wildman–Crippen MR) is 71.3 cm³/mol. The topological polar surface area (TPSA) is 53.8 Å². The van der Waals surface area contributed by atoms with Crippen molar-refractivity contribution in [1.29, 1.82) is 0 Å². The molecule has 0 aromatic heterocycles. The molecular formula is C12H13N3OS. The van der Waals surface area contributed by atoms with E-state index in [1.807, 2.05) is 44.2 Å². The fraction of sp³-hybridized carbons (Fsp3) is 0.250. The molecule has 0 unspecified atom stereocenters. The number of benzene rings is 1. The van der Waals surface area contributed by atoms with Crippen molar-refractivity contribution in [1.82, 2.24) is 5.32 Å². The average molecular weight is 247 g/mol. The van der Waals surface area contributed by atoms with Gasteiger partial charge < -0.3 is 5.32 Å². The van der Waals surface area contributed by atoms with Crippen molar-refractivity contribution in [2.24, 2.45) is 10.2 Å². The van der Waals surface area contributed by atoms with E-state index in [1.165, 1.54) is 11.8 Å². The summed E-state index contributed by atoms with van der Waals surface area (Å²) in [5.74, 6) is -0.0127. The lowest BCUT2D eigenvalue weighted by Gasteiger charge is -1.97. The van der Waals surface area contributed by atoms with E-state index in [0.29, 0.717) is 5.17 Å². The zero-order valence-corrected chi connectivity index (χ0v) is 10.5. The Kier molecular flexibility index (Phi) is 3.58. The largest absolute Gasteiger partial charge is 0.303 e. The van der Waals surface area contributed by atoms with Crippen LogP contribution in [0.25, 0.3) is 0 Å². The summed E-state index contributed by atoms with van der Waals surface area (Å²) in [5, 5.41) is 11.3. The van der Waals surface area contributed by atoms with Crippen LogP contribution in [0.5, 0.6) is 0 Å². The molecule has 1 aromatic rings. The quantitative estimate of drug-likeness (QED) is 0.642. The smallest absolute Gasteiger partial charge is 0.239 e. The van der Waals surface area contributed by atoms with Gasteiger partial charge in [-0.15, -0.1) is 5.10 Å². The number of carbonyl (C=O) groups excluding carboxylic acids is 1. The zero-order chi connectivity index (χ0) is 12.3. The Labute approximate surface area is 104 Å². The van der Waals surface area contributed by atoms with Crippen LogP contribution in [0.15, 0.2) is 40.5 Å². The minimum Gasteiger partial charge on any atom is -0.303 e. The Balaban J connectivity index is 2.11. The van der Waals surface area contributed by atoms with E-state index in [1.54, 1.807) is 0 Å². The standard InChI is InChI=1S/C12H13N3OS/c1-8(10-6-4-3-5-7-10)14-15-12-13-11(16)9(2)17-12/h3-7,9H,1-2H3,(H,13,15,16)/b14-8-/t9-/m0/s1. The second-order valence-electron chi connectivity index (χ2n) is 3.71. The van der Waals surface area contributed by atoms with E-state index < -0.39 is 0 Å². The van der Waals surface area contributed by atoms with Crippen LogP contribution >= 0.6 is 11.8 Å². The Morgan fingerprint density at radius 1 is 1.35 bits per heavy atom. The monoisotopic (exact) mass is 247 g/mol. The number of carbonyl (C=O) groups is 1. The molecule has 1 aliphatic rings. The first-order valence-corrected chi connectivity index (χ1v) is 6.20. The molecule has 0 aliphatic carbocycles. The summed E-state index contributed by atoms with van der Waals surface area (Å²) in [4.78, 5) is 11.2. The number of nitrogens with zero attached hydrogens (tertiary/aromatic N) is 2. The third kappa shape index (κ3) is 2.94. The predicted octanol–water partition coefficient (Wildman–Crippen LogP) is 2.02. The normalized spacial score (nSPS) is 22.9. The molecule has 4 nitrogen and oxygen atoms in total. The van der Waals surface area contributed by atoms with Gasteiger partial charge in [0.25, 0.3) is 0 Å². The maximum absolute atomic E-state index is 11.2. The van der Waals surface area contributed by atoms with Crippen molar-refractivity contribution in [3.8, 4) is 0 Å². The van der Waals surface area contributed by atoms with Crippen LogP contribution in [0.4, 0.5) is 0 Å². The lowest BCUT2D eigenvalue weighted by Crippen LogP contribution is -2.23. The van der Waals surface area contributed by atoms with E-state index in [0.717, 1.165) is 11.3 Å².